The van der Waals surface area contributed by atoms with Crippen LogP contribution in [0.4, 0.5) is 5.69 Å². The van der Waals surface area contributed by atoms with Crippen LogP contribution in [0.3, 0.4) is 0 Å². The summed E-state index contributed by atoms with van der Waals surface area (Å²) < 4.78 is 0.541. The molecule has 0 unspecified atom stereocenters. The van der Waals surface area contributed by atoms with Crippen molar-refractivity contribution in [2.45, 2.75) is 0 Å². The molecule has 1 aromatic carbocycles. The summed E-state index contributed by atoms with van der Waals surface area (Å²) in [6, 6.07) is 9.37. The topological polar surface area (TPSA) is 76.3 Å². The van der Waals surface area contributed by atoms with E-state index in [9.17, 15) is 15.1 Å². The molecule has 0 spiro atoms. The first-order valence-electron chi connectivity index (χ1n) is 4.95. The number of para-hydroxylation sites is 2. The van der Waals surface area contributed by atoms with E-state index in [0.717, 1.165) is 6.20 Å². The number of benzene rings is 1. The lowest BCUT2D eigenvalue weighted by Gasteiger charge is -2.06. The highest BCUT2D eigenvalue weighted by molar-refractivity contribution is 6.04. The smallest absolute Gasteiger partial charge is 0.261 e. The number of anilines is 1. The highest BCUT2D eigenvalue weighted by atomic mass is 16.5. The first kappa shape index (κ1) is 10.9. The molecule has 5 heteroatoms. The van der Waals surface area contributed by atoms with Gasteiger partial charge in [0.05, 0.1) is 5.69 Å². The van der Waals surface area contributed by atoms with E-state index in [1.807, 2.05) is 0 Å². The predicted molar refractivity (Wildman–Crippen MR) is 61.5 cm³/mol. The zero-order chi connectivity index (χ0) is 12.3. The molecule has 0 aliphatic carbocycles. The van der Waals surface area contributed by atoms with Crippen molar-refractivity contribution in [1.29, 1.82) is 0 Å². The molecule has 0 bridgehead atoms. The van der Waals surface area contributed by atoms with Gasteiger partial charge in [-0.25, -0.2) is 0 Å². The van der Waals surface area contributed by atoms with Gasteiger partial charge in [-0.1, -0.05) is 12.1 Å². The SMILES string of the molecule is O=C(Nc1ccccc1O)c1ccc[n+]([O-])c1. The minimum absolute atomic E-state index is 0.0215. The lowest BCUT2D eigenvalue weighted by molar-refractivity contribution is -0.605. The molecule has 86 valence electrons. The van der Waals surface area contributed by atoms with Gasteiger partial charge in [-0.2, -0.15) is 4.73 Å². The average Bonchev–Trinajstić information content (AvgIpc) is 2.32. The molecular formula is C12H10N2O3. The minimum Gasteiger partial charge on any atom is -0.619 e. The number of pyridine rings is 1. The van der Waals surface area contributed by atoms with E-state index >= 15 is 0 Å². The van der Waals surface area contributed by atoms with Gasteiger partial charge in [0.25, 0.3) is 5.91 Å². The molecule has 2 N–H and O–H groups in total. The summed E-state index contributed by atoms with van der Waals surface area (Å²) in [5.74, 6) is -0.469. The Bertz CT molecular complexity index is 555. The number of aromatic nitrogens is 1. The second-order valence-electron chi connectivity index (χ2n) is 3.42. The quantitative estimate of drug-likeness (QED) is 0.463. The maximum atomic E-state index is 11.7. The molecule has 17 heavy (non-hydrogen) atoms. The van der Waals surface area contributed by atoms with Crippen LogP contribution < -0.4 is 10.0 Å². The average molecular weight is 230 g/mol. The largest absolute Gasteiger partial charge is 0.619 e. The van der Waals surface area contributed by atoms with Crippen LogP contribution in [0, 0.1) is 5.21 Å². The highest BCUT2D eigenvalue weighted by Gasteiger charge is 2.10. The number of nitrogens with one attached hydrogen (secondary N) is 1. The predicted octanol–water partition coefficient (Wildman–Crippen LogP) is 1.28. The van der Waals surface area contributed by atoms with Crippen LogP contribution in [-0.4, -0.2) is 11.0 Å². The van der Waals surface area contributed by atoms with Gasteiger partial charge in [-0.3, -0.25) is 4.79 Å². The molecule has 1 amide bonds. The molecule has 2 rings (SSSR count). The van der Waals surface area contributed by atoms with E-state index in [-0.39, 0.29) is 11.3 Å². The van der Waals surface area contributed by atoms with E-state index < -0.39 is 5.91 Å². The molecular weight excluding hydrogens is 220 g/mol. The number of phenolic OH excluding ortho intramolecular Hbond substituents is 1. The Morgan fingerprint density at radius 3 is 2.71 bits per heavy atom. The fourth-order valence-electron chi connectivity index (χ4n) is 1.36. The summed E-state index contributed by atoms with van der Waals surface area (Å²) in [6.07, 6.45) is 2.45. The molecule has 0 atom stereocenters. The molecule has 5 nitrogen and oxygen atoms in total. The number of hydrogen-bond acceptors (Lipinski definition) is 3. The summed E-state index contributed by atoms with van der Waals surface area (Å²) in [4.78, 5) is 11.7. The number of hydrogen-bond donors (Lipinski definition) is 2. The normalized spacial score (nSPS) is 9.88. The number of nitrogens with zero attached hydrogens (tertiary/aromatic N) is 1. The Balaban J connectivity index is 2.20. The summed E-state index contributed by atoms with van der Waals surface area (Å²) in [6.45, 7) is 0. The lowest BCUT2D eigenvalue weighted by Crippen LogP contribution is -2.27. The molecule has 0 radical (unpaired) electrons. The standard InChI is InChI=1S/C12H10N2O3/c15-11-6-2-1-5-10(11)13-12(16)9-4-3-7-14(17)8-9/h1-8,15H,(H,13,16). The number of carbonyl (C=O) groups is 1. The summed E-state index contributed by atoms with van der Waals surface area (Å²) in [5, 5.41) is 23.0. The second-order valence-corrected chi connectivity index (χ2v) is 3.42. The molecule has 0 aliphatic heterocycles. The van der Waals surface area contributed by atoms with Crippen LogP contribution in [0.25, 0.3) is 0 Å². The number of rotatable bonds is 2. The van der Waals surface area contributed by atoms with Gasteiger partial charge in [-0.15, -0.1) is 0 Å². The summed E-state index contributed by atoms with van der Waals surface area (Å²) >= 11 is 0. The molecule has 1 aromatic heterocycles. The monoisotopic (exact) mass is 230 g/mol. The van der Waals surface area contributed by atoms with Crippen molar-refractivity contribution in [2.75, 3.05) is 5.32 Å². The van der Waals surface area contributed by atoms with Crippen molar-refractivity contribution < 1.29 is 14.6 Å². The second kappa shape index (κ2) is 4.52. The fourth-order valence-corrected chi connectivity index (χ4v) is 1.36. The maximum Gasteiger partial charge on any atom is 0.261 e. The Morgan fingerprint density at radius 1 is 1.24 bits per heavy atom. The van der Waals surface area contributed by atoms with Crippen LogP contribution in [0.2, 0.25) is 0 Å². The van der Waals surface area contributed by atoms with Gasteiger partial charge < -0.3 is 15.6 Å². The van der Waals surface area contributed by atoms with E-state index in [1.54, 1.807) is 18.2 Å². The molecule has 0 aliphatic rings. The van der Waals surface area contributed by atoms with Crippen molar-refractivity contribution >= 4 is 11.6 Å². The van der Waals surface area contributed by atoms with Crippen LogP contribution in [0.1, 0.15) is 10.4 Å². The van der Waals surface area contributed by atoms with E-state index in [2.05, 4.69) is 5.32 Å². The first-order valence-corrected chi connectivity index (χ1v) is 4.95. The summed E-state index contributed by atoms with van der Waals surface area (Å²) in [5.41, 5.74) is 0.532. The van der Waals surface area contributed by atoms with Gasteiger partial charge in [0.2, 0.25) is 0 Å². The van der Waals surface area contributed by atoms with E-state index in [4.69, 9.17) is 0 Å². The lowest BCUT2D eigenvalue weighted by atomic mass is 10.2. The third-order valence-electron chi connectivity index (χ3n) is 2.19. The molecule has 2 aromatic rings. The third-order valence-corrected chi connectivity index (χ3v) is 2.19. The van der Waals surface area contributed by atoms with E-state index in [0.29, 0.717) is 10.4 Å². The fraction of sp³-hybridized carbons (Fsp3) is 0. The van der Waals surface area contributed by atoms with Gasteiger partial charge >= 0.3 is 0 Å². The molecule has 0 saturated carbocycles. The highest BCUT2D eigenvalue weighted by Crippen LogP contribution is 2.21. The minimum atomic E-state index is -0.448. The number of amides is 1. The van der Waals surface area contributed by atoms with Crippen molar-refractivity contribution in [3.8, 4) is 5.75 Å². The van der Waals surface area contributed by atoms with E-state index in [1.165, 1.54) is 24.4 Å². The Hall–Kier alpha value is -2.56. The van der Waals surface area contributed by atoms with Crippen LogP contribution in [0.5, 0.6) is 5.75 Å². The van der Waals surface area contributed by atoms with Crippen molar-refractivity contribution in [2.24, 2.45) is 0 Å². The summed E-state index contributed by atoms with van der Waals surface area (Å²) in [7, 11) is 0. The Morgan fingerprint density at radius 2 is 2.00 bits per heavy atom. The van der Waals surface area contributed by atoms with Crippen molar-refractivity contribution in [3.63, 3.8) is 0 Å². The molecule has 0 fully saturated rings. The van der Waals surface area contributed by atoms with Gasteiger partial charge in [-0.05, 0) is 18.2 Å². The Labute approximate surface area is 97.5 Å². The maximum absolute atomic E-state index is 11.7. The zero-order valence-corrected chi connectivity index (χ0v) is 8.83. The first-order chi connectivity index (χ1) is 8.16. The van der Waals surface area contributed by atoms with Crippen LogP contribution >= 0.6 is 0 Å². The van der Waals surface area contributed by atoms with Crippen LogP contribution in [0.15, 0.2) is 48.8 Å². The number of carbonyl (C=O) groups excluding carboxylic acids is 1. The van der Waals surface area contributed by atoms with Gasteiger partial charge in [0.15, 0.2) is 12.4 Å². The molecule has 0 saturated heterocycles. The van der Waals surface area contributed by atoms with Gasteiger partial charge in [0.1, 0.15) is 11.3 Å². The number of phenols is 1. The zero-order valence-electron chi connectivity index (χ0n) is 8.83. The third kappa shape index (κ3) is 2.52. The number of aromatic hydroxyl groups is 1. The van der Waals surface area contributed by atoms with Crippen molar-refractivity contribution in [3.05, 3.63) is 59.6 Å². The van der Waals surface area contributed by atoms with Crippen molar-refractivity contribution in [1.82, 2.24) is 0 Å². The Kier molecular flexibility index (Phi) is 2.91. The van der Waals surface area contributed by atoms with Crippen LogP contribution in [-0.2, 0) is 0 Å². The molecule has 1 heterocycles. The van der Waals surface area contributed by atoms with Gasteiger partial charge in [0, 0.05) is 6.07 Å².